The number of hydrogen-bond acceptors (Lipinski definition) is 4. The fourth-order valence-corrected chi connectivity index (χ4v) is 2.40. The van der Waals surface area contributed by atoms with E-state index in [0.29, 0.717) is 44.7 Å². The molecule has 2 rings (SSSR count). The van der Waals surface area contributed by atoms with Crippen LogP contribution in [0, 0.1) is 0 Å². The van der Waals surface area contributed by atoms with E-state index in [0.717, 1.165) is 5.75 Å². The lowest BCUT2D eigenvalue weighted by molar-refractivity contribution is -0.138. The van der Waals surface area contributed by atoms with Crippen LogP contribution in [0.2, 0.25) is 0 Å². The van der Waals surface area contributed by atoms with E-state index in [-0.39, 0.29) is 17.8 Å². The van der Waals surface area contributed by atoms with E-state index in [1.165, 1.54) is 6.92 Å². The Kier molecular flexibility index (Phi) is 5.95. The van der Waals surface area contributed by atoms with Crippen molar-refractivity contribution in [3.8, 4) is 5.75 Å². The smallest absolute Gasteiger partial charge is 0.222 e. The zero-order valence-corrected chi connectivity index (χ0v) is 13.2. The van der Waals surface area contributed by atoms with E-state index < -0.39 is 0 Å². The molecule has 1 fully saturated rings. The molecule has 22 heavy (non-hydrogen) atoms. The summed E-state index contributed by atoms with van der Waals surface area (Å²) in [5, 5.41) is 0. The highest BCUT2D eigenvalue weighted by Crippen LogP contribution is 2.13. The maximum absolute atomic E-state index is 12.1. The van der Waals surface area contributed by atoms with Gasteiger partial charge in [-0.05, 0) is 44.5 Å². The van der Waals surface area contributed by atoms with Crippen LogP contribution in [-0.2, 0) is 9.53 Å². The monoisotopic (exact) mass is 305 g/mol. The first kappa shape index (κ1) is 16.5. The van der Waals surface area contributed by atoms with Crippen LogP contribution in [0.3, 0.4) is 0 Å². The third-order valence-corrected chi connectivity index (χ3v) is 3.66. The van der Waals surface area contributed by atoms with Gasteiger partial charge in [0.05, 0.1) is 19.3 Å². The zero-order valence-electron chi connectivity index (χ0n) is 13.2. The molecular weight excluding hydrogens is 282 g/mol. The molecule has 5 heteroatoms. The van der Waals surface area contributed by atoms with E-state index in [4.69, 9.17) is 9.47 Å². The van der Waals surface area contributed by atoms with Gasteiger partial charge in [0.25, 0.3) is 0 Å². The van der Waals surface area contributed by atoms with Crippen molar-refractivity contribution in [2.24, 2.45) is 0 Å². The van der Waals surface area contributed by atoms with E-state index >= 15 is 0 Å². The van der Waals surface area contributed by atoms with Crippen molar-refractivity contribution in [1.29, 1.82) is 0 Å². The summed E-state index contributed by atoms with van der Waals surface area (Å²) >= 11 is 0. The molecule has 1 aromatic carbocycles. The normalized spacial score (nSPS) is 18.1. The second-order valence-electron chi connectivity index (χ2n) is 5.55. The van der Waals surface area contributed by atoms with Crippen LogP contribution in [0.5, 0.6) is 5.75 Å². The van der Waals surface area contributed by atoms with Crippen molar-refractivity contribution in [3.05, 3.63) is 29.8 Å². The molecule has 0 spiro atoms. The molecule has 1 unspecified atom stereocenters. The van der Waals surface area contributed by atoms with Crippen molar-refractivity contribution < 1.29 is 19.1 Å². The molecule has 0 bridgehead atoms. The van der Waals surface area contributed by atoms with Crippen LogP contribution in [0.25, 0.3) is 0 Å². The van der Waals surface area contributed by atoms with Gasteiger partial charge in [-0.25, -0.2) is 0 Å². The summed E-state index contributed by atoms with van der Waals surface area (Å²) in [7, 11) is 0. The molecule has 1 aliphatic heterocycles. The molecule has 120 valence electrons. The summed E-state index contributed by atoms with van der Waals surface area (Å²) in [6.45, 7) is 5.97. The second kappa shape index (κ2) is 7.94. The van der Waals surface area contributed by atoms with E-state index in [2.05, 4.69) is 0 Å². The van der Waals surface area contributed by atoms with Gasteiger partial charge in [0.15, 0.2) is 5.78 Å². The summed E-state index contributed by atoms with van der Waals surface area (Å²) in [4.78, 5) is 25.1. The first-order chi connectivity index (χ1) is 10.6. The van der Waals surface area contributed by atoms with Crippen molar-refractivity contribution >= 4 is 11.7 Å². The molecule has 1 aliphatic rings. The van der Waals surface area contributed by atoms with Crippen molar-refractivity contribution in [2.45, 2.75) is 32.8 Å². The number of amides is 1. The number of ketones is 1. The number of carbonyl (C=O) groups is 2. The topological polar surface area (TPSA) is 55.8 Å². The Bertz CT molecular complexity index is 512. The largest absolute Gasteiger partial charge is 0.494 e. The standard InChI is InChI=1S/C17H23NO4/c1-13-12-18(9-11-21-13)17(20)4-3-10-22-16-7-5-15(6-8-16)14(2)19/h5-8,13H,3-4,9-12H2,1-2H3. The number of morpholine rings is 1. The fourth-order valence-electron chi connectivity index (χ4n) is 2.40. The van der Waals surface area contributed by atoms with Crippen LogP contribution in [0.1, 0.15) is 37.0 Å². The molecule has 1 heterocycles. The van der Waals surface area contributed by atoms with E-state index in [1.807, 2.05) is 11.8 Å². The highest BCUT2D eigenvalue weighted by Gasteiger charge is 2.20. The van der Waals surface area contributed by atoms with Crippen LogP contribution >= 0.6 is 0 Å². The second-order valence-corrected chi connectivity index (χ2v) is 5.55. The predicted molar refractivity (Wildman–Crippen MR) is 83.2 cm³/mol. The lowest BCUT2D eigenvalue weighted by Gasteiger charge is -2.31. The molecule has 1 saturated heterocycles. The number of carbonyl (C=O) groups excluding carboxylic acids is 2. The Labute approximate surface area is 131 Å². The average molecular weight is 305 g/mol. The van der Waals surface area contributed by atoms with Gasteiger partial charge in [-0.1, -0.05) is 0 Å². The van der Waals surface area contributed by atoms with Crippen LogP contribution in [0.4, 0.5) is 0 Å². The van der Waals surface area contributed by atoms with Gasteiger partial charge in [-0.3, -0.25) is 9.59 Å². The van der Waals surface area contributed by atoms with E-state index in [9.17, 15) is 9.59 Å². The highest BCUT2D eigenvalue weighted by molar-refractivity contribution is 5.94. The number of Topliss-reactive ketones (excluding diaryl/α,β-unsaturated/α-hetero) is 1. The number of rotatable bonds is 6. The number of nitrogens with zero attached hydrogens (tertiary/aromatic N) is 1. The first-order valence-electron chi connectivity index (χ1n) is 7.69. The summed E-state index contributed by atoms with van der Waals surface area (Å²) in [6.07, 6.45) is 1.28. The molecule has 1 aromatic rings. The molecule has 1 atom stereocenters. The summed E-state index contributed by atoms with van der Waals surface area (Å²) in [5.74, 6) is 0.917. The SMILES string of the molecule is CC(=O)c1ccc(OCCCC(=O)N2CCOC(C)C2)cc1. The number of benzene rings is 1. The first-order valence-corrected chi connectivity index (χ1v) is 7.69. The van der Waals surface area contributed by atoms with Gasteiger partial charge in [-0.15, -0.1) is 0 Å². The molecule has 0 aliphatic carbocycles. The predicted octanol–water partition coefficient (Wildman–Crippen LogP) is 2.30. The third-order valence-electron chi connectivity index (χ3n) is 3.66. The quantitative estimate of drug-likeness (QED) is 0.598. The Hall–Kier alpha value is -1.88. The Morgan fingerprint density at radius 1 is 1.32 bits per heavy atom. The molecule has 0 radical (unpaired) electrons. The van der Waals surface area contributed by atoms with Gasteiger partial charge in [0.2, 0.25) is 5.91 Å². The molecular formula is C17H23NO4. The van der Waals surface area contributed by atoms with Crippen molar-refractivity contribution in [1.82, 2.24) is 4.90 Å². The van der Waals surface area contributed by atoms with Gasteiger partial charge >= 0.3 is 0 Å². The average Bonchev–Trinajstić information content (AvgIpc) is 2.51. The van der Waals surface area contributed by atoms with Gasteiger partial charge in [0.1, 0.15) is 5.75 Å². The van der Waals surface area contributed by atoms with Crippen LogP contribution in [-0.4, -0.2) is 49.0 Å². The maximum Gasteiger partial charge on any atom is 0.222 e. The Balaban J connectivity index is 1.68. The molecule has 1 amide bonds. The minimum absolute atomic E-state index is 0.0388. The maximum atomic E-state index is 12.1. The molecule has 0 N–H and O–H groups in total. The summed E-state index contributed by atoms with van der Waals surface area (Å²) in [6, 6.07) is 7.06. The molecule has 0 saturated carbocycles. The van der Waals surface area contributed by atoms with Gasteiger partial charge in [-0.2, -0.15) is 0 Å². The third kappa shape index (κ3) is 4.84. The van der Waals surface area contributed by atoms with E-state index in [1.54, 1.807) is 24.3 Å². The Morgan fingerprint density at radius 2 is 2.05 bits per heavy atom. The lowest BCUT2D eigenvalue weighted by Crippen LogP contribution is -2.44. The number of hydrogen-bond donors (Lipinski definition) is 0. The summed E-state index contributed by atoms with van der Waals surface area (Å²) in [5.41, 5.74) is 0.670. The van der Waals surface area contributed by atoms with Crippen LogP contribution in [0.15, 0.2) is 24.3 Å². The molecule has 5 nitrogen and oxygen atoms in total. The van der Waals surface area contributed by atoms with Gasteiger partial charge in [0, 0.05) is 25.1 Å². The fraction of sp³-hybridized carbons (Fsp3) is 0.529. The minimum atomic E-state index is 0.0388. The molecule has 0 aromatic heterocycles. The van der Waals surface area contributed by atoms with Crippen molar-refractivity contribution in [3.63, 3.8) is 0 Å². The number of ether oxygens (including phenoxy) is 2. The van der Waals surface area contributed by atoms with Crippen molar-refractivity contribution in [2.75, 3.05) is 26.3 Å². The Morgan fingerprint density at radius 3 is 2.68 bits per heavy atom. The van der Waals surface area contributed by atoms with Gasteiger partial charge < -0.3 is 14.4 Å². The minimum Gasteiger partial charge on any atom is -0.494 e. The zero-order chi connectivity index (χ0) is 15.9. The highest BCUT2D eigenvalue weighted by atomic mass is 16.5. The lowest BCUT2D eigenvalue weighted by atomic mass is 10.1. The summed E-state index contributed by atoms with van der Waals surface area (Å²) < 4.78 is 11.0. The van der Waals surface area contributed by atoms with Crippen LogP contribution < -0.4 is 4.74 Å².